The Labute approximate surface area is 148 Å². The molecule has 0 unspecified atom stereocenters. The largest absolute Gasteiger partial charge is 0.513 e. The maximum absolute atomic E-state index is 12.0. The second-order valence-corrected chi connectivity index (χ2v) is 4.94. The van der Waals surface area contributed by atoms with Crippen LogP contribution in [0.2, 0.25) is 0 Å². The van der Waals surface area contributed by atoms with Gasteiger partial charge in [0, 0.05) is 6.54 Å². The van der Waals surface area contributed by atoms with E-state index in [1.165, 1.54) is 25.3 Å². The van der Waals surface area contributed by atoms with E-state index < -0.39 is 12.1 Å². The molecule has 0 saturated carbocycles. The van der Waals surface area contributed by atoms with Gasteiger partial charge in [-0.15, -0.1) is 12.4 Å². The molecule has 0 radical (unpaired) electrons. The van der Waals surface area contributed by atoms with Crippen molar-refractivity contribution in [3.05, 3.63) is 23.8 Å². The Morgan fingerprint density at radius 1 is 1.12 bits per heavy atom. The lowest BCUT2D eigenvalue weighted by Gasteiger charge is -2.11. The van der Waals surface area contributed by atoms with Gasteiger partial charge in [0.25, 0.3) is 0 Å². The third-order valence-corrected chi connectivity index (χ3v) is 2.84. The van der Waals surface area contributed by atoms with Gasteiger partial charge >= 0.3 is 12.1 Å². The van der Waals surface area contributed by atoms with Gasteiger partial charge in [-0.2, -0.15) is 0 Å². The van der Waals surface area contributed by atoms with Crippen LogP contribution in [-0.2, 0) is 9.47 Å². The molecule has 0 heterocycles. The number of hydrogen-bond acceptors (Lipinski definition) is 7. The molecule has 0 bridgehead atoms. The van der Waals surface area contributed by atoms with Crippen molar-refractivity contribution in [2.75, 3.05) is 41.0 Å². The molecule has 1 rings (SSSR count). The maximum atomic E-state index is 12.0. The second-order valence-electron chi connectivity index (χ2n) is 4.94. The van der Waals surface area contributed by atoms with E-state index in [9.17, 15) is 9.59 Å². The van der Waals surface area contributed by atoms with E-state index in [1.807, 2.05) is 19.0 Å². The van der Waals surface area contributed by atoms with Crippen LogP contribution >= 0.6 is 12.4 Å². The van der Waals surface area contributed by atoms with Crippen LogP contribution < -0.4 is 9.47 Å². The maximum Gasteiger partial charge on any atom is 0.513 e. The van der Waals surface area contributed by atoms with E-state index in [4.69, 9.17) is 18.9 Å². The Balaban J connectivity index is 0.00000529. The normalized spacial score (nSPS) is 9.88. The van der Waals surface area contributed by atoms with Gasteiger partial charge < -0.3 is 23.8 Å². The minimum Gasteiger partial charge on any atom is -0.493 e. The summed E-state index contributed by atoms with van der Waals surface area (Å²) in [7, 11) is 5.32. The number of benzene rings is 1. The first kappa shape index (κ1) is 22.0. The molecule has 24 heavy (non-hydrogen) atoms. The lowest BCUT2D eigenvalue weighted by atomic mass is 10.2. The number of rotatable bonds is 8. The van der Waals surface area contributed by atoms with E-state index in [0.717, 1.165) is 13.0 Å². The Morgan fingerprint density at radius 2 is 1.83 bits per heavy atom. The number of methoxy groups -OCH3 is 1. The fourth-order valence-corrected chi connectivity index (χ4v) is 1.74. The first-order chi connectivity index (χ1) is 11.0. The predicted octanol–water partition coefficient (Wildman–Crippen LogP) is 2.76. The zero-order chi connectivity index (χ0) is 17.2. The molecule has 8 heteroatoms. The number of hydrogen-bond donors (Lipinski definition) is 0. The zero-order valence-electron chi connectivity index (χ0n) is 14.4. The van der Waals surface area contributed by atoms with Crippen LogP contribution in [0, 0.1) is 0 Å². The van der Waals surface area contributed by atoms with Gasteiger partial charge in [0.05, 0.1) is 25.9 Å². The quantitative estimate of drug-likeness (QED) is 0.400. The third-order valence-electron chi connectivity index (χ3n) is 2.84. The highest BCUT2D eigenvalue weighted by Gasteiger charge is 2.15. The topological polar surface area (TPSA) is 74.3 Å². The standard InChI is InChI=1S/C16H23NO6.ClH/c1-5-21-16(19)23-13-8-7-12(11-14(13)20-4)15(18)22-10-6-9-17(2)3;/h7-8,11H,5-6,9-10H2,1-4H3;1H. The van der Waals surface area contributed by atoms with Crippen molar-refractivity contribution in [1.29, 1.82) is 0 Å². The van der Waals surface area contributed by atoms with E-state index in [2.05, 4.69) is 0 Å². The molecular formula is C16H24ClNO6. The molecule has 0 fully saturated rings. The predicted molar refractivity (Wildman–Crippen MR) is 91.3 cm³/mol. The lowest BCUT2D eigenvalue weighted by Crippen LogP contribution is -2.16. The average Bonchev–Trinajstić information content (AvgIpc) is 2.51. The molecule has 0 saturated heterocycles. The summed E-state index contributed by atoms with van der Waals surface area (Å²) < 4.78 is 20.0. The molecule has 0 spiro atoms. The molecule has 0 amide bonds. The summed E-state index contributed by atoms with van der Waals surface area (Å²) in [5, 5.41) is 0. The van der Waals surface area contributed by atoms with Crippen molar-refractivity contribution in [1.82, 2.24) is 4.90 Å². The summed E-state index contributed by atoms with van der Waals surface area (Å²) in [4.78, 5) is 25.3. The molecule has 0 aliphatic carbocycles. The Morgan fingerprint density at radius 3 is 2.42 bits per heavy atom. The second kappa shape index (κ2) is 11.5. The van der Waals surface area contributed by atoms with E-state index in [0.29, 0.717) is 12.2 Å². The van der Waals surface area contributed by atoms with Crippen LogP contribution in [0.5, 0.6) is 11.5 Å². The lowest BCUT2D eigenvalue weighted by molar-refractivity contribution is 0.0493. The summed E-state index contributed by atoms with van der Waals surface area (Å²) in [5.41, 5.74) is 0.322. The summed E-state index contributed by atoms with van der Waals surface area (Å²) in [6, 6.07) is 4.43. The van der Waals surface area contributed by atoms with Crippen LogP contribution in [0.25, 0.3) is 0 Å². The van der Waals surface area contributed by atoms with Gasteiger partial charge in [-0.05, 0) is 45.6 Å². The highest BCUT2D eigenvalue weighted by atomic mass is 35.5. The molecule has 0 atom stereocenters. The van der Waals surface area contributed by atoms with Gasteiger partial charge in [0.2, 0.25) is 0 Å². The Kier molecular flexibility index (Phi) is 10.6. The van der Waals surface area contributed by atoms with Crippen molar-refractivity contribution >= 4 is 24.5 Å². The Bertz CT molecular complexity index is 535. The molecule has 0 aliphatic rings. The number of halogens is 1. The van der Waals surface area contributed by atoms with Gasteiger partial charge in [0.15, 0.2) is 11.5 Å². The SMILES string of the molecule is CCOC(=O)Oc1ccc(C(=O)OCCCN(C)C)cc1OC.Cl. The summed E-state index contributed by atoms with van der Waals surface area (Å²) in [6.45, 7) is 3.05. The number of carbonyl (C=O) groups excluding carboxylic acids is 2. The monoisotopic (exact) mass is 361 g/mol. The van der Waals surface area contributed by atoms with Crippen molar-refractivity contribution in [2.24, 2.45) is 0 Å². The van der Waals surface area contributed by atoms with Crippen molar-refractivity contribution < 1.29 is 28.5 Å². The molecule has 0 aromatic heterocycles. The molecule has 136 valence electrons. The number of carbonyl (C=O) groups is 2. The summed E-state index contributed by atoms with van der Waals surface area (Å²) >= 11 is 0. The smallest absolute Gasteiger partial charge is 0.493 e. The molecule has 0 N–H and O–H groups in total. The van der Waals surface area contributed by atoms with E-state index in [1.54, 1.807) is 6.92 Å². The molecular weight excluding hydrogens is 338 g/mol. The number of nitrogens with zero attached hydrogens (tertiary/aromatic N) is 1. The Hall–Kier alpha value is -1.99. The minimum atomic E-state index is -0.829. The van der Waals surface area contributed by atoms with Crippen LogP contribution in [-0.4, -0.2) is 58.0 Å². The van der Waals surface area contributed by atoms with Crippen LogP contribution in [0.15, 0.2) is 18.2 Å². The van der Waals surface area contributed by atoms with Gasteiger partial charge in [-0.3, -0.25) is 0 Å². The van der Waals surface area contributed by atoms with Crippen molar-refractivity contribution in [3.63, 3.8) is 0 Å². The van der Waals surface area contributed by atoms with Crippen molar-refractivity contribution in [3.8, 4) is 11.5 Å². The molecule has 1 aromatic rings. The fraction of sp³-hybridized carbons (Fsp3) is 0.500. The van der Waals surface area contributed by atoms with E-state index in [-0.39, 0.29) is 30.5 Å². The zero-order valence-corrected chi connectivity index (χ0v) is 15.2. The first-order valence-electron chi connectivity index (χ1n) is 7.32. The third kappa shape index (κ3) is 7.52. The fourth-order valence-electron chi connectivity index (χ4n) is 1.74. The van der Waals surface area contributed by atoms with Gasteiger partial charge in [-0.1, -0.05) is 0 Å². The van der Waals surface area contributed by atoms with Gasteiger partial charge in [-0.25, -0.2) is 9.59 Å². The minimum absolute atomic E-state index is 0. The molecule has 0 aliphatic heterocycles. The first-order valence-corrected chi connectivity index (χ1v) is 7.32. The molecule has 1 aromatic carbocycles. The van der Waals surface area contributed by atoms with Crippen molar-refractivity contribution in [2.45, 2.75) is 13.3 Å². The van der Waals surface area contributed by atoms with E-state index >= 15 is 0 Å². The summed E-state index contributed by atoms with van der Waals surface area (Å²) in [6.07, 6.45) is -0.0789. The highest BCUT2D eigenvalue weighted by molar-refractivity contribution is 5.90. The molecule has 7 nitrogen and oxygen atoms in total. The van der Waals surface area contributed by atoms with Crippen LogP contribution in [0.1, 0.15) is 23.7 Å². The number of esters is 1. The van der Waals surface area contributed by atoms with Crippen LogP contribution in [0.4, 0.5) is 4.79 Å². The van der Waals surface area contributed by atoms with Gasteiger partial charge in [0.1, 0.15) is 0 Å². The number of ether oxygens (including phenoxy) is 4. The average molecular weight is 362 g/mol. The summed E-state index contributed by atoms with van der Waals surface area (Å²) in [5.74, 6) is -0.0272. The highest BCUT2D eigenvalue weighted by Crippen LogP contribution is 2.28. The van der Waals surface area contributed by atoms with Crippen LogP contribution in [0.3, 0.4) is 0 Å².